The first-order valence-corrected chi connectivity index (χ1v) is 9.12. The normalized spacial score (nSPS) is 15.8. The van der Waals surface area contributed by atoms with Gasteiger partial charge in [-0.05, 0) is 56.2 Å². The van der Waals surface area contributed by atoms with Gasteiger partial charge in [0.05, 0.1) is 12.8 Å². The monoisotopic (exact) mass is 381 g/mol. The Labute approximate surface area is 163 Å². The van der Waals surface area contributed by atoms with Crippen LogP contribution in [0.3, 0.4) is 0 Å². The molecule has 2 N–H and O–H groups in total. The zero-order valence-electron chi connectivity index (χ0n) is 15.9. The van der Waals surface area contributed by atoms with Gasteiger partial charge in [-0.1, -0.05) is 12.1 Å². The number of urea groups is 1. The third kappa shape index (κ3) is 4.31. The Kier molecular flexibility index (Phi) is 5.93. The number of anilines is 2. The van der Waals surface area contributed by atoms with E-state index in [0.717, 1.165) is 6.42 Å². The molecule has 0 radical (unpaired) electrons. The molecule has 7 heteroatoms. The number of hydrogen-bond acceptors (Lipinski definition) is 4. The van der Waals surface area contributed by atoms with E-state index in [1.54, 1.807) is 42.5 Å². The predicted molar refractivity (Wildman–Crippen MR) is 107 cm³/mol. The fourth-order valence-electron chi connectivity index (χ4n) is 3.23. The summed E-state index contributed by atoms with van der Waals surface area (Å²) in [7, 11) is 1.54. The van der Waals surface area contributed by atoms with Crippen LogP contribution >= 0.6 is 0 Å². The zero-order valence-corrected chi connectivity index (χ0v) is 15.9. The van der Waals surface area contributed by atoms with Gasteiger partial charge in [-0.15, -0.1) is 0 Å². The number of para-hydroxylation sites is 2. The minimum Gasteiger partial charge on any atom is -0.495 e. The maximum Gasteiger partial charge on any atom is 0.322 e. The fraction of sp³-hybridized carbons (Fsp3) is 0.286. The number of nitrogens with one attached hydrogen (secondary N) is 2. The van der Waals surface area contributed by atoms with Crippen LogP contribution < -0.4 is 15.4 Å². The van der Waals surface area contributed by atoms with Crippen LogP contribution in [0.4, 0.5) is 16.2 Å². The van der Waals surface area contributed by atoms with Gasteiger partial charge in [0.25, 0.3) is 0 Å². The Morgan fingerprint density at radius 1 is 1.04 bits per heavy atom. The molecular formula is C21H23N3O4. The number of carbonyl (C=O) groups is 3. The molecule has 0 aliphatic carbocycles. The highest BCUT2D eigenvalue weighted by Crippen LogP contribution is 2.26. The quantitative estimate of drug-likeness (QED) is 0.776. The summed E-state index contributed by atoms with van der Waals surface area (Å²) in [6.07, 6.45) is 1.34. The minimum absolute atomic E-state index is 0.0344. The van der Waals surface area contributed by atoms with Crippen molar-refractivity contribution >= 4 is 29.1 Å². The first kappa shape index (κ1) is 19.4. The molecule has 0 unspecified atom stereocenters. The number of likely N-dealkylation sites (tertiary alicyclic amines) is 1. The van der Waals surface area contributed by atoms with E-state index < -0.39 is 6.04 Å². The summed E-state index contributed by atoms with van der Waals surface area (Å²) < 4.78 is 5.25. The van der Waals surface area contributed by atoms with Crippen molar-refractivity contribution in [1.29, 1.82) is 0 Å². The van der Waals surface area contributed by atoms with Crippen molar-refractivity contribution in [2.75, 3.05) is 24.3 Å². The van der Waals surface area contributed by atoms with Crippen LogP contribution in [0.5, 0.6) is 5.75 Å². The van der Waals surface area contributed by atoms with Crippen molar-refractivity contribution in [2.45, 2.75) is 25.8 Å². The number of ether oxygens (including phenoxy) is 1. The number of amides is 3. The van der Waals surface area contributed by atoms with E-state index in [2.05, 4.69) is 10.6 Å². The molecule has 1 saturated heterocycles. The van der Waals surface area contributed by atoms with Gasteiger partial charge >= 0.3 is 6.03 Å². The first-order valence-electron chi connectivity index (χ1n) is 9.12. The molecule has 0 saturated carbocycles. The molecule has 1 aliphatic heterocycles. The van der Waals surface area contributed by atoms with Crippen LogP contribution in [-0.2, 0) is 4.79 Å². The van der Waals surface area contributed by atoms with Gasteiger partial charge in [-0.3, -0.25) is 9.59 Å². The maximum absolute atomic E-state index is 12.7. The third-order valence-electron chi connectivity index (χ3n) is 4.72. The largest absolute Gasteiger partial charge is 0.495 e. The van der Waals surface area contributed by atoms with E-state index in [9.17, 15) is 14.4 Å². The molecule has 0 bridgehead atoms. The Hall–Kier alpha value is -3.35. The Morgan fingerprint density at radius 2 is 1.75 bits per heavy atom. The second-order valence-corrected chi connectivity index (χ2v) is 6.60. The lowest BCUT2D eigenvalue weighted by molar-refractivity contribution is -0.119. The van der Waals surface area contributed by atoms with E-state index >= 15 is 0 Å². The predicted octanol–water partition coefficient (Wildman–Crippen LogP) is 3.53. The zero-order chi connectivity index (χ0) is 20.1. The van der Waals surface area contributed by atoms with E-state index in [-0.39, 0.29) is 17.7 Å². The summed E-state index contributed by atoms with van der Waals surface area (Å²) >= 11 is 0. The molecule has 3 amide bonds. The molecule has 2 aromatic rings. The number of hydrogen-bond donors (Lipinski definition) is 2. The first-order chi connectivity index (χ1) is 13.5. The highest BCUT2D eigenvalue weighted by atomic mass is 16.5. The second-order valence-electron chi connectivity index (χ2n) is 6.60. The fourth-order valence-corrected chi connectivity index (χ4v) is 3.23. The molecule has 1 aliphatic rings. The van der Waals surface area contributed by atoms with Crippen LogP contribution in [0.2, 0.25) is 0 Å². The standard InChI is InChI=1S/C21H23N3O4/c1-14(25)15-9-11-16(12-10-15)22-20(26)18-7-5-13-24(18)21(27)23-17-6-3-4-8-19(17)28-2/h3-4,6,8-12,18H,5,7,13H2,1-2H3,(H,22,26)(H,23,27)/t18-/m0/s1. The summed E-state index contributed by atoms with van der Waals surface area (Å²) in [5.41, 5.74) is 1.73. The van der Waals surface area contributed by atoms with Crippen LogP contribution in [0.25, 0.3) is 0 Å². The van der Waals surface area contributed by atoms with Gasteiger partial charge in [0.15, 0.2) is 5.78 Å². The molecule has 28 heavy (non-hydrogen) atoms. The van der Waals surface area contributed by atoms with E-state index in [1.165, 1.54) is 18.9 Å². The molecular weight excluding hydrogens is 358 g/mol. The number of benzene rings is 2. The lowest BCUT2D eigenvalue weighted by Crippen LogP contribution is -2.45. The highest BCUT2D eigenvalue weighted by Gasteiger charge is 2.34. The number of nitrogens with zero attached hydrogens (tertiary/aromatic N) is 1. The smallest absolute Gasteiger partial charge is 0.322 e. The lowest BCUT2D eigenvalue weighted by atomic mass is 10.1. The van der Waals surface area contributed by atoms with Crippen molar-refractivity contribution < 1.29 is 19.1 Å². The van der Waals surface area contributed by atoms with Gasteiger partial charge < -0.3 is 20.3 Å². The third-order valence-corrected chi connectivity index (χ3v) is 4.72. The summed E-state index contributed by atoms with van der Waals surface area (Å²) in [5.74, 6) is 0.276. The van der Waals surface area contributed by atoms with Gasteiger partial charge in [0.2, 0.25) is 5.91 Å². The van der Waals surface area contributed by atoms with Crippen molar-refractivity contribution in [3.63, 3.8) is 0 Å². The SMILES string of the molecule is COc1ccccc1NC(=O)N1CCC[C@H]1C(=O)Nc1ccc(C(C)=O)cc1. The number of methoxy groups -OCH3 is 1. The Morgan fingerprint density at radius 3 is 2.43 bits per heavy atom. The van der Waals surface area contributed by atoms with Gasteiger partial charge in [-0.25, -0.2) is 4.79 Å². The number of Topliss-reactive ketones (excluding diaryl/α,β-unsaturated/α-hetero) is 1. The topological polar surface area (TPSA) is 87.7 Å². The molecule has 1 fully saturated rings. The summed E-state index contributed by atoms with van der Waals surface area (Å²) in [5, 5.41) is 5.64. The molecule has 2 aromatic carbocycles. The second kappa shape index (κ2) is 8.56. The molecule has 7 nitrogen and oxygen atoms in total. The van der Waals surface area contributed by atoms with Crippen molar-refractivity contribution in [3.8, 4) is 5.75 Å². The van der Waals surface area contributed by atoms with Crippen LogP contribution in [0.15, 0.2) is 48.5 Å². The van der Waals surface area contributed by atoms with Gasteiger partial charge in [0.1, 0.15) is 11.8 Å². The molecule has 146 valence electrons. The summed E-state index contributed by atoms with van der Waals surface area (Å²) in [6, 6.07) is 12.9. The van der Waals surface area contributed by atoms with Crippen LogP contribution in [0, 0.1) is 0 Å². The van der Waals surface area contributed by atoms with Crippen molar-refractivity contribution in [3.05, 3.63) is 54.1 Å². The molecule has 0 spiro atoms. The van der Waals surface area contributed by atoms with Crippen LogP contribution in [0.1, 0.15) is 30.1 Å². The maximum atomic E-state index is 12.7. The van der Waals surface area contributed by atoms with Crippen LogP contribution in [-0.4, -0.2) is 42.3 Å². The highest BCUT2D eigenvalue weighted by molar-refractivity contribution is 6.00. The lowest BCUT2D eigenvalue weighted by Gasteiger charge is -2.24. The van der Waals surface area contributed by atoms with Gasteiger partial charge in [0, 0.05) is 17.8 Å². The molecule has 3 rings (SSSR count). The van der Waals surface area contributed by atoms with Crippen molar-refractivity contribution in [1.82, 2.24) is 4.90 Å². The molecule has 1 heterocycles. The Bertz CT molecular complexity index is 879. The average molecular weight is 381 g/mol. The van der Waals surface area contributed by atoms with E-state index in [1.807, 2.05) is 6.07 Å². The van der Waals surface area contributed by atoms with E-state index in [0.29, 0.717) is 35.7 Å². The van der Waals surface area contributed by atoms with E-state index in [4.69, 9.17) is 4.74 Å². The average Bonchev–Trinajstić information content (AvgIpc) is 3.19. The van der Waals surface area contributed by atoms with Gasteiger partial charge in [-0.2, -0.15) is 0 Å². The minimum atomic E-state index is -0.554. The summed E-state index contributed by atoms with van der Waals surface area (Å²) in [6.45, 7) is 1.99. The Balaban J connectivity index is 1.67. The van der Waals surface area contributed by atoms with Crippen molar-refractivity contribution in [2.24, 2.45) is 0 Å². The number of rotatable bonds is 5. The summed E-state index contributed by atoms with van der Waals surface area (Å²) in [4.78, 5) is 38.3. The molecule has 1 atom stereocenters. The number of ketones is 1. The number of carbonyl (C=O) groups excluding carboxylic acids is 3. The molecule has 0 aromatic heterocycles.